The highest BCUT2D eigenvalue weighted by molar-refractivity contribution is 5.83. The van der Waals surface area contributed by atoms with Gasteiger partial charge in [0.25, 0.3) is 0 Å². The van der Waals surface area contributed by atoms with Crippen molar-refractivity contribution in [1.29, 1.82) is 0 Å². The molecule has 29 heavy (non-hydrogen) atoms. The fourth-order valence-corrected chi connectivity index (χ4v) is 3.77. The van der Waals surface area contributed by atoms with Gasteiger partial charge in [0.15, 0.2) is 0 Å². The Kier molecular flexibility index (Phi) is 6.86. The van der Waals surface area contributed by atoms with Gasteiger partial charge in [0.1, 0.15) is 5.75 Å². The van der Waals surface area contributed by atoms with Crippen LogP contribution in [0.5, 0.6) is 5.75 Å². The molecule has 6 heteroatoms. The minimum atomic E-state index is -0.304. The fraction of sp³-hybridized carbons (Fsp3) is 0.435. The number of methoxy groups -OCH3 is 1. The maximum Gasteiger partial charge on any atom is 0.225 e. The van der Waals surface area contributed by atoms with Crippen molar-refractivity contribution >= 4 is 11.8 Å². The molecule has 1 aliphatic rings. The number of rotatable bonds is 7. The molecule has 0 saturated carbocycles. The van der Waals surface area contributed by atoms with E-state index in [9.17, 15) is 9.59 Å². The van der Waals surface area contributed by atoms with Gasteiger partial charge in [-0.2, -0.15) is 0 Å². The molecule has 154 valence electrons. The number of amides is 2. The Morgan fingerprint density at radius 2 is 2.03 bits per heavy atom. The summed E-state index contributed by atoms with van der Waals surface area (Å²) in [5, 5.41) is 3.00. The molecule has 3 rings (SSSR count). The van der Waals surface area contributed by atoms with Crippen molar-refractivity contribution < 1.29 is 14.3 Å². The summed E-state index contributed by atoms with van der Waals surface area (Å²) in [5.41, 5.74) is 1.83. The molecule has 0 spiro atoms. The first-order chi connectivity index (χ1) is 14.0. The lowest BCUT2D eigenvalue weighted by Crippen LogP contribution is -2.35. The topological polar surface area (TPSA) is 71.5 Å². The van der Waals surface area contributed by atoms with Gasteiger partial charge in [-0.25, -0.2) is 0 Å². The van der Waals surface area contributed by atoms with Crippen molar-refractivity contribution in [1.82, 2.24) is 15.2 Å². The Balaban J connectivity index is 1.77. The summed E-state index contributed by atoms with van der Waals surface area (Å²) in [4.78, 5) is 31.8. The van der Waals surface area contributed by atoms with Crippen LogP contribution in [0.15, 0.2) is 48.7 Å². The number of hydrogen-bond acceptors (Lipinski definition) is 4. The summed E-state index contributed by atoms with van der Waals surface area (Å²) in [6.07, 6.45) is 2.20. The summed E-state index contributed by atoms with van der Waals surface area (Å²) in [5.74, 6) is 0.722. The van der Waals surface area contributed by atoms with Crippen molar-refractivity contribution in [2.24, 2.45) is 11.8 Å². The lowest BCUT2D eigenvalue weighted by molar-refractivity contribution is -0.131. The van der Waals surface area contributed by atoms with Crippen LogP contribution in [0.1, 0.15) is 37.4 Å². The quantitative estimate of drug-likeness (QED) is 0.782. The molecule has 0 unspecified atom stereocenters. The van der Waals surface area contributed by atoms with Crippen LogP contribution >= 0.6 is 0 Å². The number of aromatic nitrogens is 1. The van der Waals surface area contributed by atoms with Crippen LogP contribution in [0.3, 0.4) is 0 Å². The number of nitrogens with one attached hydrogen (secondary N) is 1. The highest BCUT2D eigenvalue weighted by Gasteiger charge is 2.40. The molecular weight excluding hydrogens is 366 g/mol. The molecule has 2 amide bonds. The molecule has 0 radical (unpaired) electrons. The monoisotopic (exact) mass is 395 g/mol. The molecule has 0 bridgehead atoms. The maximum atomic E-state index is 13.0. The van der Waals surface area contributed by atoms with Crippen molar-refractivity contribution in [3.63, 3.8) is 0 Å². The number of carbonyl (C=O) groups is 2. The Morgan fingerprint density at radius 3 is 2.72 bits per heavy atom. The second kappa shape index (κ2) is 9.54. The third-order valence-corrected chi connectivity index (χ3v) is 5.28. The normalized spacial score (nSPS) is 18.7. The van der Waals surface area contributed by atoms with Gasteiger partial charge in [-0.1, -0.05) is 32.0 Å². The van der Waals surface area contributed by atoms with Crippen LogP contribution in [-0.2, 0) is 16.1 Å². The number of carbonyl (C=O) groups excluding carboxylic acids is 2. The van der Waals surface area contributed by atoms with Crippen LogP contribution in [0.4, 0.5) is 0 Å². The Hall–Kier alpha value is -2.89. The Morgan fingerprint density at radius 1 is 1.21 bits per heavy atom. The van der Waals surface area contributed by atoms with Gasteiger partial charge >= 0.3 is 0 Å². The third-order valence-electron chi connectivity index (χ3n) is 5.28. The number of ether oxygens (including phenoxy) is 1. The summed E-state index contributed by atoms with van der Waals surface area (Å²) in [6.45, 7) is 5.41. The van der Waals surface area contributed by atoms with E-state index in [1.54, 1.807) is 13.3 Å². The SMILES string of the molecule is COc1cccc([C@H]2CN(C(=O)CC(C)C)C[C@H]2C(=O)NCc2ccccn2)c1. The first-order valence-electron chi connectivity index (χ1n) is 10.1. The summed E-state index contributed by atoms with van der Waals surface area (Å²) >= 11 is 0. The predicted molar refractivity (Wildman–Crippen MR) is 111 cm³/mol. The highest BCUT2D eigenvalue weighted by Crippen LogP contribution is 2.35. The first-order valence-corrected chi connectivity index (χ1v) is 10.1. The van der Waals surface area contributed by atoms with Crippen LogP contribution in [0, 0.1) is 11.8 Å². The maximum absolute atomic E-state index is 13.0. The molecule has 1 N–H and O–H groups in total. The number of benzene rings is 1. The molecule has 6 nitrogen and oxygen atoms in total. The molecule has 2 heterocycles. The van der Waals surface area contributed by atoms with E-state index in [2.05, 4.69) is 10.3 Å². The van der Waals surface area contributed by atoms with E-state index in [1.807, 2.05) is 61.2 Å². The molecule has 1 aliphatic heterocycles. The average Bonchev–Trinajstić information content (AvgIpc) is 3.18. The first kappa shape index (κ1) is 20.8. The smallest absolute Gasteiger partial charge is 0.225 e. The number of hydrogen-bond donors (Lipinski definition) is 1. The summed E-state index contributed by atoms with van der Waals surface area (Å²) in [6, 6.07) is 13.4. The molecule has 1 saturated heterocycles. The van der Waals surface area contributed by atoms with E-state index >= 15 is 0 Å². The highest BCUT2D eigenvalue weighted by atomic mass is 16.5. The van der Waals surface area contributed by atoms with Crippen molar-refractivity contribution in [2.45, 2.75) is 32.7 Å². The Bertz CT molecular complexity index is 838. The minimum absolute atomic E-state index is 0.0525. The van der Waals surface area contributed by atoms with Crippen LogP contribution in [-0.4, -0.2) is 41.9 Å². The lowest BCUT2D eigenvalue weighted by atomic mass is 9.88. The van der Waals surface area contributed by atoms with Gasteiger partial charge in [0, 0.05) is 31.6 Å². The minimum Gasteiger partial charge on any atom is -0.497 e. The number of pyridine rings is 1. The van der Waals surface area contributed by atoms with E-state index < -0.39 is 0 Å². The van der Waals surface area contributed by atoms with Crippen molar-refractivity contribution in [3.8, 4) is 5.75 Å². The molecule has 1 aromatic heterocycles. The molecule has 2 atom stereocenters. The zero-order chi connectivity index (χ0) is 20.8. The van der Waals surface area contributed by atoms with Gasteiger partial charge in [0.2, 0.25) is 11.8 Å². The molecule has 0 aliphatic carbocycles. The largest absolute Gasteiger partial charge is 0.497 e. The molecular formula is C23H29N3O3. The van der Waals surface area contributed by atoms with Crippen LogP contribution in [0.25, 0.3) is 0 Å². The van der Waals surface area contributed by atoms with Gasteiger partial charge in [-0.05, 0) is 35.7 Å². The standard InChI is InChI=1S/C23H29N3O3/c1-16(2)11-22(27)26-14-20(17-7-6-9-19(12-17)29-3)21(15-26)23(28)25-13-18-8-4-5-10-24-18/h4-10,12,16,20-21H,11,13-15H2,1-3H3,(H,25,28)/t20-,21-/m1/s1. The summed E-state index contributed by atoms with van der Waals surface area (Å²) in [7, 11) is 1.63. The second-order valence-corrected chi connectivity index (χ2v) is 7.93. The third kappa shape index (κ3) is 5.34. The van der Waals surface area contributed by atoms with E-state index in [4.69, 9.17) is 4.74 Å². The van der Waals surface area contributed by atoms with Gasteiger partial charge in [-0.3, -0.25) is 14.6 Å². The van der Waals surface area contributed by atoms with Gasteiger partial charge in [0.05, 0.1) is 25.3 Å². The van der Waals surface area contributed by atoms with Crippen LogP contribution < -0.4 is 10.1 Å². The zero-order valence-electron chi connectivity index (χ0n) is 17.3. The Labute approximate surface area is 172 Å². The van der Waals surface area contributed by atoms with Crippen molar-refractivity contribution in [2.75, 3.05) is 20.2 Å². The molecule has 1 fully saturated rings. The fourth-order valence-electron chi connectivity index (χ4n) is 3.77. The second-order valence-electron chi connectivity index (χ2n) is 7.93. The van der Waals surface area contributed by atoms with E-state index in [1.165, 1.54) is 0 Å². The average molecular weight is 396 g/mol. The molecule has 1 aromatic carbocycles. The van der Waals surface area contributed by atoms with Gasteiger partial charge < -0.3 is 15.0 Å². The number of nitrogens with zero attached hydrogens (tertiary/aromatic N) is 2. The van der Waals surface area contributed by atoms with E-state index in [0.717, 1.165) is 17.0 Å². The lowest BCUT2D eigenvalue weighted by Gasteiger charge is -2.18. The molecule has 2 aromatic rings. The summed E-state index contributed by atoms with van der Waals surface area (Å²) < 4.78 is 5.35. The van der Waals surface area contributed by atoms with Crippen molar-refractivity contribution in [3.05, 3.63) is 59.9 Å². The van der Waals surface area contributed by atoms with Crippen LogP contribution in [0.2, 0.25) is 0 Å². The zero-order valence-corrected chi connectivity index (χ0v) is 17.3. The van der Waals surface area contributed by atoms with E-state index in [-0.39, 0.29) is 29.6 Å². The predicted octanol–water partition coefficient (Wildman–Crippen LogP) is 2.99. The van der Waals surface area contributed by atoms with Gasteiger partial charge in [-0.15, -0.1) is 0 Å². The van der Waals surface area contributed by atoms with E-state index in [0.29, 0.717) is 26.1 Å². The number of likely N-dealkylation sites (tertiary alicyclic amines) is 1.